The number of nitrogens with zero attached hydrogens (tertiary/aromatic N) is 2. The lowest BCUT2D eigenvalue weighted by molar-refractivity contribution is 0.162. The molecule has 25 heavy (non-hydrogen) atoms. The standard InChI is InChI=1S/C17H30N4O3.HI/c1-6-24-16-13-14(7-8-15(16)23-5)20-17(18-2)19-9-10-21(3)11-12-22-4;/h7-8,13H,6,9-12H2,1-5H3,(H2,18,19,20);1H. The van der Waals surface area contributed by atoms with Gasteiger partial charge in [-0.1, -0.05) is 0 Å². The van der Waals surface area contributed by atoms with Crippen molar-refractivity contribution < 1.29 is 14.2 Å². The van der Waals surface area contributed by atoms with Gasteiger partial charge in [-0.3, -0.25) is 4.99 Å². The number of likely N-dealkylation sites (N-methyl/N-ethyl adjacent to an activating group) is 1. The molecule has 1 rings (SSSR count). The number of halogens is 1. The number of rotatable bonds is 10. The highest BCUT2D eigenvalue weighted by Crippen LogP contribution is 2.30. The van der Waals surface area contributed by atoms with Crippen LogP contribution in [-0.2, 0) is 4.74 Å². The van der Waals surface area contributed by atoms with Gasteiger partial charge in [0.25, 0.3) is 0 Å². The summed E-state index contributed by atoms with van der Waals surface area (Å²) < 4.78 is 16.0. The maximum Gasteiger partial charge on any atom is 0.195 e. The lowest BCUT2D eigenvalue weighted by Crippen LogP contribution is -2.37. The van der Waals surface area contributed by atoms with Crippen LogP contribution in [0.1, 0.15) is 6.92 Å². The number of benzene rings is 1. The van der Waals surface area contributed by atoms with Crippen LogP contribution in [-0.4, -0.2) is 72.0 Å². The van der Waals surface area contributed by atoms with Crippen LogP contribution in [0.4, 0.5) is 5.69 Å². The Morgan fingerprint density at radius 1 is 1.20 bits per heavy atom. The van der Waals surface area contributed by atoms with E-state index >= 15 is 0 Å². The van der Waals surface area contributed by atoms with Crippen LogP contribution in [0, 0.1) is 0 Å². The molecule has 0 saturated carbocycles. The van der Waals surface area contributed by atoms with Gasteiger partial charge in [-0.05, 0) is 26.1 Å². The number of methoxy groups -OCH3 is 2. The molecule has 0 spiro atoms. The summed E-state index contributed by atoms with van der Waals surface area (Å²) in [7, 11) is 7.15. The van der Waals surface area contributed by atoms with E-state index in [0.29, 0.717) is 24.1 Å². The van der Waals surface area contributed by atoms with Gasteiger partial charge in [0.15, 0.2) is 17.5 Å². The first kappa shape index (κ1) is 23.7. The lowest BCUT2D eigenvalue weighted by atomic mass is 10.2. The minimum atomic E-state index is 0. The molecule has 0 bridgehead atoms. The lowest BCUT2D eigenvalue weighted by Gasteiger charge is -2.18. The second-order valence-corrected chi connectivity index (χ2v) is 5.22. The van der Waals surface area contributed by atoms with E-state index < -0.39 is 0 Å². The van der Waals surface area contributed by atoms with Crippen LogP contribution in [0.3, 0.4) is 0 Å². The number of hydrogen-bond donors (Lipinski definition) is 2. The largest absolute Gasteiger partial charge is 0.493 e. The molecule has 0 unspecified atom stereocenters. The Hall–Kier alpha value is -1.26. The molecule has 2 N–H and O–H groups in total. The Morgan fingerprint density at radius 3 is 2.56 bits per heavy atom. The van der Waals surface area contributed by atoms with Crippen molar-refractivity contribution in [2.24, 2.45) is 4.99 Å². The first-order valence-corrected chi connectivity index (χ1v) is 8.10. The number of hydrogen-bond acceptors (Lipinski definition) is 5. The Morgan fingerprint density at radius 2 is 1.96 bits per heavy atom. The molecule has 144 valence electrons. The molecular weight excluding hydrogens is 435 g/mol. The summed E-state index contributed by atoms with van der Waals surface area (Å²) in [6.07, 6.45) is 0. The van der Waals surface area contributed by atoms with Crippen LogP contribution in [0.2, 0.25) is 0 Å². The quantitative estimate of drug-likeness (QED) is 0.314. The van der Waals surface area contributed by atoms with Crippen molar-refractivity contribution in [1.29, 1.82) is 0 Å². The molecule has 0 aliphatic rings. The van der Waals surface area contributed by atoms with Gasteiger partial charge in [0.2, 0.25) is 0 Å². The van der Waals surface area contributed by atoms with Crippen molar-refractivity contribution in [1.82, 2.24) is 10.2 Å². The fraction of sp³-hybridized carbons (Fsp3) is 0.588. The fourth-order valence-electron chi connectivity index (χ4n) is 2.06. The average molecular weight is 466 g/mol. The Balaban J connectivity index is 0.00000576. The second kappa shape index (κ2) is 14.0. The van der Waals surface area contributed by atoms with Gasteiger partial charge >= 0.3 is 0 Å². The fourth-order valence-corrected chi connectivity index (χ4v) is 2.06. The summed E-state index contributed by atoms with van der Waals surface area (Å²) in [6.45, 7) is 5.85. The normalized spacial score (nSPS) is 11.0. The molecule has 0 aliphatic carbocycles. The topological polar surface area (TPSA) is 67.4 Å². The Labute approximate surface area is 168 Å². The molecule has 0 atom stereocenters. The highest BCUT2D eigenvalue weighted by atomic mass is 127. The van der Waals surface area contributed by atoms with Gasteiger partial charge in [-0.2, -0.15) is 0 Å². The summed E-state index contributed by atoms with van der Waals surface area (Å²) in [5.41, 5.74) is 0.889. The van der Waals surface area contributed by atoms with E-state index in [2.05, 4.69) is 27.6 Å². The Kier molecular flexibility index (Phi) is 13.3. The summed E-state index contributed by atoms with van der Waals surface area (Å²) in [6, 6.07) is 5.71. The molecule has 0 fully saturated rings. The summed E-state index contributed by atoms with van der Waals surface area (Å²) >= 11 is 0. The van der Waals surface area contributed by atoms with E-state index in [0.717, 1.165) is 31.9 Å². The van der Waals surface area contributed by atoms with Crippen LogP contribution in [0.5, 0.6) is 11.5 Å². The molecule has 0 radical (unpaired) electrons. The van der Waals surface area contributed by atoms with E-state index in [1.165, 1.54) is 0 Å². The van der Waals surface area contributed by atoms with E-state index in [9.17, 15) is 0 Å². The molecule has 0 heterocycles. The molecule has 8 heteroatoms. The molecule has 0 aliphatic heterocycles. The van der Waals surface area contributed by atoms with Gasteiger partial charge in [0, 0.05) is 45.5 Å². The summed E-state index contributed by atoms with van der Waals surface area (Å²) in [5, 5.41) is 6.55. The van der Waals surface area contributed by atoms with E-state index in [-0.39, 0.29) is 24.0 Å². The first-order chi connectivity index (χ1) is 11.6. The van der Waals surface area contributed by atoms with Gasteiger partial charge < -0.3 is 29.7 Å². The summed E-state index contributed by atoms with van der Waals surface area (Å²) in [4.78, 5) is 6.44. The third-order valence-electron chi connectivity index (χ3n) is 3.41. The Bertz CT molecular complexity index is 515. The zero-order chi connectivity index (χ0) is 17.8. The monoisotopic (exact) mass is 466 g/mol. The first-order valence-electron chi connectivity index (χ1n) is 8.10. The third kappa shape index (κ3) is 9.13. The number of anilines is 1. The van der Waals surface area contributed by atoms with Gasteiger partial charge in [0.05, 0.1) is 20.3 Å². The average Bonchev–Trinajstić information content (AvgIpc) is 2.59. The van der Waals surface area contributed by atoms with Crippen molar-refractivity contribution in [2.45, 2.75) is 6.92 Å². The smallest absolute Gasteiger partial charge is 0.195 e. The molecule has 0 saturated heterocycles. The second-order valence-electron chi connectivity index (χ2n) is 5.22. The summed E-state index contributed by atoms with van der Waals surface area (Å²) in [5.74, 6) is 2.13. The van der Waals surface area contributed by atoms with Crippen molar-refractivity contribution in [2.75, 3.05) is 66.5 Å². The number of aliphatic imine (C=N–C) groups is 1. The maximum atomic E-state index is 5.59. The minimum absolute atomic E-state index is 0. The van der Waals surface area contributed by atoms with Crippen LogP contribution >= 0.6 is 24.0 Å². The van der Waals surface area contributed by atoms with E-state index in [4.69, 9.17) is 14.2 Å². The molecule has 1 aromatic carbocycles. The number of ether oxygens (including phenoxy) is 3. The van der Waals surface area contributed by atoms with Crippen LogP contribution < -0.4 is 20.1 Å². The highest BCUT2D eigenvalue weighted by molar-refractivity contribution is 14.0. The van der Waals surface area contributed by atoms with Crippen molar-refractivity contribution in [3.63, 3.8) is 0 Å². The highest BCUT2D eigenvalue weighted by Gasteiger charge is 2.07. The van der Waals surface area contributed by atoms with Gasteiger partial charge in [-0.15, -0.1) is 24.0 Å². The molecule has 1 aromatic rings. The molecule has 0 aromatic heterocycles. The molecular formula is C17H31IN4O3. The third-order valence-corrected chi connectivity index (χ3v) is 3.41. The number of guanidine groups is 1. The molecule has 0 amide bonds. The zero-order valence-corrected chi connectivity index (χ0v) is 18.1. The number of nitrogens with one attached hydrogen (secondary N) is 2. The van der Waals surface area contributed by atoms with Crippen molar-refractivity contribution in [3.05, 3.63) is 18.2 Å². The van der Waals surface area contributed by atoms with Crippen molar-refractivity contribution in [3.8, 4) is 11.5 Å². The predicted octanol–water partition coefficient (Wildman–Crippen LogP) is 2.28. The zero-order valence-electron chi connectivity index (χ0n) is 15.8. The van der Waals surface area contributed by atoms with Crippen LogP contribution in [0.25, 0.3) is 0 Å². The SMILES string of the molecule is CCOc1cc(NC(=NC)NCCN(C)CCOC)ccc1OC.I. The molecule has 7 nitrogen and oxygen atoms in total. The minimum Gasteiger partial charge on any atom is -0.493 e. The van der Waals surface area contributed by atoms with E-state index in [1.807, 2.05) is 25.1 Å². The van der Waals surface area contributed by atoms with Gasteiger partial charge in [0.1, 0.15) is 0 Å². The van der Waals surface area contributed by atoms with E-state index in [1.54, 1.807) is 21.3 Å². The van der Waals surface area contributed by atoms with Crippen molar-refractivity contribution >= 4 is 35.6 Å². The van der Waals surface area contributed by atoms with Crippen LogP contribution in [0.15, 0.2) is 23.2 Å². The predicted molar refractivity (Wildman–Crippen MR) is 114 cm³/mol. The maximum absolute atomic E-state index is 5.59. The van der Waals surface area contributed by atoms with Gasteiger partial charge in [-0.25, -0.2) is 0 Å².